The Hall–Kier alpha value is -0.0600. The first-order valence-electron chi connectivity index (χ1n) is 5.22. The van der Waals surface area contributed by atoms with Crippen molar-refractivity contribution in [2.75, 3.05) is 6.26 Å². The topological polar surface area (TPSA) is 34.1 Å². The molecule has 17 heavy (non-hydrogen) atoms. The normalized spacial score (nSPS) is 14.6. The minimum atomic E-state index is -3.18. The second-order valence-electron chi connectivity index (χ2n) is 4.68. The smallest absolute Gasteiger partial charge is 0.154 e. The van der Waals surface area contributed by atoms with Crippen LogP contribution in [-0.4, -0.2) is 24.8 Å². The third kappa shape index (κ3) is 3.70. The maximum Gasteiger partial charge on any atom is 0.154 e. The lowest BCUT2D eigenvalue weighted by Crippen LogP contribution is -2.41. The third-order valence-electron chi connectivity index (χ3n) is 3.01. The molecule has 0 heterocycles. The molecule has 0 radical (unpaired) electrons. The molecule has 0 N–H and O–H groups in total. The van der Waals surface area contributed by atoms with Crippen LogP contribution in [0.1, 0.15) is 19.4 Å². The zero-order valence-electron chi connectivity index (χ0n) is 10.1. The molecule has 2 nitrogen and oxygen atoms in total. The van der Waals surface area contributed by atoms with Crippen LogP contribution in [0.4, 0.5) is 0 Å². The Labute approximate surface area is 116 Å². The van der Waals surface area contributed by atoms with Gasteiger partial charge in [-0.3, -0.25) is 0 Å². The van der Waals surface area contributed by atoms with E-state index in [-0.39, 0.29) is 0 Å². The van der Waals surface area contributed by atoms with Crippen LogP contribution < -0.4 is 0 Å². The Kier molecular flexibility index (Phi) is 4.67. The summed E-state index contributed by atoms with van der Waals surface area (Å²) in [5, 5.41) is -0.452. The van der Waals surface area contributed by atoms with Crippen LogP contribution in [0.5, 0.6) is 0 Å². The quantitative estimate of drug-likeness (QED) is 0.788. The van der Waals surface area contributed by atoms with Crippen LogP contribution in [0.2, 0.25) is 0 Å². The minimum Gasteiger partial charge on any atom is -0.229 e. The van der Waals surface area contributed by atoms with Crippen molar-refractivity contribution < 1.29 is 8.42 Å². The first kappa shape index (κ1) is 15.0. The molecule has 1 unspecified atom stereocenters. The van der Waals surface area contributed by atoms with Gasteiger partial charge in [0.1, 0.15) is 0 Å². The predicted octanol–water partition coefficient (Wildman–Crippen LogP) is 3.42. The van der Waals surface area contributed by atoms with Crippen molar-refractivity contribution in [1.82, 2.24) is 0 Å². The van der Waals surface area contributed by atoms with Crippen LogP contribution >= 0.6 is 27.5 Å². The number of sulfone groups is 1. The van der Waals surface area contributed by atoms with Gasteiger partial charge >= 0.3 is 0 Å². The standard InChI is InChI=1S/C12H16BrClO2S/c1-12(2,17(3,15)16)11(14)8-9-5-4-6-10(13)7-9/h4-7,11H,8H2,1-3H3. The highest BCUT2D eigenvalue weighted by Crippen LogP contribution is 2.28. The van der Waals surface area contributed by atoms with E-state index >= 15 is 0 Å². The van der Waals surface area contributed by atoms with Gasteiger partial charge in [0, 0.05) is 10.7 Å². The lowest BCUT2D eigenvalue weighted by Gasteiger charge is -2.28. The fourth-order valence-electron chi connectivity index (χ4n) is 1.35. The molecule has 5 heteroatoms. The van der Waals surface area contributed by atoms with Crippen molar-refractivity contribution in [3.05, 3.63) is 34.3 Å². The lowest BCUT2D eigenvalue weighted by molar-refractivity contribution is 0.536. The summed E-state index contributed by atoms with van der Waals surface area (Å²) >= 11 is 9.63. The molecule has 0 saturated heterocycles. The van der Waals surface area contributed by atoms with E-state index in [1.807, 2.05) is 24.3 Å². The molecule has 1 aromatic rings. The molecule has 96 valence electrons. The minimum absolute atomic E-state index is 0.452. The van der Waals surface area contributed by atoms with Crippen LogP contribution in [0.3, 0.4) is 0 Å². The van der Waals surface area contributed by atoms with Crippen molar-refractivity contribution in [2.45, 2.75) is 30.4 Å². The number of hydrogen-bond acceptors (Lipinski definition) is 2. The van der Waals surface area contributed by atoms with Crippen molar-refractivity contribution in [3.63, 3.8) is 0 Å². The molecule has 0 aliphatic rings. The summed E-state index contributed by atoms with van der Waals surface area (Å²) in [5.41, 5.74) is 1.02. The van der Waals surface area contributed by atoms with E-state index in [0.717, 1.165) is 10.0 Å². The summed E-state index contributed by atoms with van der Waals surface area (Å²) in [6.07, 6.45) is 1.75. The fraction of sp³-hybridized carbons (Fsp3) is 0.500. The Morgan fingerprint density at radius 2 is 2.00 bits per heavy atom. The van der Waals surface area contributed by atoms with Crippen molar-refractivity contribution >= 4 is 37.4 Å². The zero-order valence-corrected chi connectivity index (χ0v) is 13.2. The van der Waals surface area contributed by atoms with Crippen LogP contribution in [0.15, 0.2) is 28.7 Å². The first-order chi connectivity index (χ1) is 7.64. The van der Waals surface area contributed by atoms with Crippen LogP contribution in [-0.2, 0) is 16.3 Å². The molecule has 0 amide bonds. The zero-order chi connectivity index (χ0) is 13.3. The molecule has 1 atom stereocenters. The van der Waals surface area contributed by atoms with Gasteiger partial charge in [-0.2, -0.15) is 0 Å². The van der Waals surface area contributed by atoms with Gasteiger partial charge in [-0.25, -0.2) is 8.42 Å². The Morgan fingerprint density at radius 3 is 2.47 bits per heavy atom. The van der Waals surface area contributed by atoms with Gasteiger partial charge in [-0.15, -0.1) is 11.6 Å². The maximum atomic E-state index is 11.7. The van der Waals surface area contributed by atoms with Crippen molar-refractivity contribution in [3.8, 4) is 0 Å². The second-order valence-corrected chi connectivity index (χ2v) is 8.72. The maximum absolute atomic E-state index is 11.7. The molecule has 0 bridgehead atoms. The monoisotopic (exact) mass is 338 g/mol. The van der Waals surface area contributed by atoms with E-state index in [9.17, 15) is 8.42 Å². The van der Waals surface area contributed by atoms with Gasteiger partial charge in [-0.1, -0.05) is 28.1 Å². The summed E-state index contributed by atoms with van der Waals surface area (Å²) in [6, 6.07) is 7.73. The van der Waals surface area contributed by atoms with Gasteiger partial charge in [0.25, 0.3) is 0 Å². The molecule has 0 aliphatic heterocycles. The molecular weight excluding hydrogens is 324 g/mol. The van der Waals surface area contributed by atoms with Gasteiger partial charge in [0.05, 0.1) is 10.1 Å². The largest absolute Gasteiger partial charge is 0.229 e. The predicted molar refractivity (Wildman–Crippen MR) is 76.4 cm³/mol. The number of halogens is 2. The van der Waals surface area contributed by atoms with E-state index < -0.39 is 20.0 Å². The van der Waals surface area contributed by atoms with Crippen LogP contribution in [0, 0.1) is 0 Å². The van der Waals surface area contributed by atoms with E-state index in [1.54, 1.807) is 13.8 Å². The van der Waals surface area contributed by atoms with E-state index in [4.69, 9.17) is 11.6 Å². The summed E-state index contributed by atoms with van der Waals surface area (Å²) in [5.74, 6) is 0. The summed E-state index contributed by atoms with van der Waals surface area (Å²) in [7, 11) is -3.18. The molecular formula is C12H16BrClO2S. The van der Waals surface area contributed by atoms with Crippen molar-refractivity contribution in [1.29, 1.82) is 0 Å². The van der Waals surface area contributed by atoms with Gasteiger partial charge in [0.2, 0.25) is 0 Å². The SMILES string of the molecule is CC(C)(C(Cl)Cc1cccc(Br)c1)S(C)(=O)=O. The highest BCUT2D eigenvalue weighted by molar-refractivity contribution is 9.10. The molecule has 0 aliphatic carbocycles. The van der Waals surface area contributed by atoms with Gasteiger partial charge < -0.3 is 0 Å². The number of benzene rings is 1. The first-order valence-corrected chi connectivity index (χ1v) is 8.35. The second kappa shape index (κ2) is 5.29. The third-order valence-corrected chi connectivity index (χ3v) is 6.53. The summed E-state index contributed by atoms with van der Waals surface area (Å²) in [4.78, 5) is 0. The average molecular weight is 340 g/mol. The lowest BCUT2D eigenvalue weighted by atomic mass is 10.0. The molecule has 1 aromatic carbocycles. The average Bonchev–Trinajstić information content (AvgIpc) is 2.15. The number of alkyl halides is 1. The highest BCUT2D eigenvalue weighted by atomic mass is 79.9. The molecule has 0 fully saturated rings. The number of rotatable bonds is 4. The van der Waals surface area contributed by atoms with E-state index in [1.165, 1.54) is 6.26 Å². The highest BCUT2D eigenvalue weighted by Gasteiger charge is 2.37. The Balaban J connectivity index is 2.90. The van der Waals surface area contributed by atoms with Crippen molar-refractivity contribution in [2.24, 2.45) is 0 Å². The molecule has 0 spiro atoms. The van der Waals surface area contributed by atoms with E-state index in [0.29, 0.717) is 6.42 Å². The van der Waals surface area contributed by atoms with E-state index in [2.05, 4.69) is 15.9 Å². The van der Waals surface area contributed by atoms with Gasteiger partial charge in [-0.05, 0) is 38.0 Å². The molecule has 1 rings (SSSR count). The number of hydrogen-bond donors (Lipinski definition) is 0. The molecule has 0 saturated carbocycles. The molecule has 0 aromatic heterocycles. The Bertz CT molecular complexity index is 497. The Morgan fingerprint density at radius 1 is 1.41 bits per heavy atom. The van der Waals surface area contributed by atoms with Gasteiger partial charge in [0.15, 0.2) is 9.84 Å². The van der Waals surface area contributed by atoms with Crippen LogP contribution in [0.25, 0.3) is 0 Å². The fourth-order valence-corrected chi connectivity index (χ4v) is 3.01. The summed E-state index contributed by atoms with van der Waals surface area (Å²) in [6.45, 7) is 3.33. The summed E-state index contributed by atoms with van der Waals surface area (Å²) < 4.78 is 23.4.